The van der Waals surface area contributed by atoms with E-state index in [-0.39, 0.29) is 11.3 Å². The van der Waals surface area contributed by atoms with Gasteiger partial charge in [-0.1, -0.05) is 0 Å². The molecule has 1 N–H and O–H groups in total. The van der Waals surface area contributed by atoms with Gasteiger partial charge in [0, 0.05) is 17.7 Å². The highest BCUT2D eigenvalue weighted by Gasteiger charge is 2.21. The number of methoxy groups -OCH3 is 3. The van der Waals surface area contributed by atoms with Gasteiger partial charge < -0.3 is 23.7 Å². The van der Waals surface area contributed by atoms with Crippen LogP contribution in [0, 0.1) is 0 Å². The molecule has 0 amide bonds. The third-order valence-electron chi connectivity index (χ3n) is 3.73. The summed E-state index contributed by atoms with van der Waals surface area (Å²) in [5.41, 5.74) is 0.486. The molecule has 0 aliphatic heterocycles. The number of aromatic hydroxyl groups is 1. The number of ether oxygens (including phenoxy) is 3. The summed E-state index contributed by atoms with van der Waals surface area (Å²) >= 11 is 0. The van der Waals surface area contributed by atoms with E-state index in [9.17, 15) is 9.90 Å². The van der Waals surface area contributed by atoms with E-state index in [1.54, 1.807) is 24.3 Å². The Hall–Kier alpha value is -3.15. The highest BCUT2D eigenvalue weighted by atomic mass is 16.5. The van der Waals surface area contributed by atoms with Crippen molar-refractivity contribution in [3.8, 4) is 34.1 Å². The zero-order chi connectivity index (χ0) is 17.3. The molecule has 0 unspecified atom stereocenters. The van der Waals surface area contributed by atoms with Crippen molar-refractivity contribution in [3.63, 3.8) is 0 Å². The third-order valence-corrected chi connectivity index (χ3v) is 3.73. The molecule has 0 atom stereocenters. The van der Waals surface area contributed by atoms with Gasteiger partial charge in [-0.3, -0.25) is 0 Å². The van der Waals surface area contributed by atoms with Crippen LogP contribution in [0.4, 0.5) is 0 Å². The van der Waals surface area contributed by atoms with Gasteiger partial charge >= 0.3 is 5.63 Å². The van der Waals surface area contributed by atoms with Crippen molar-refractivity contribution in [2.75, 3.05) is 21.3 Å². The Morgan fingerprint density at radius 1 is 0.958 bits per heavy atom. The van der Waals surface area contributed by atoms with Crippen molar-refractivity contribution >= 4 is 11.0 Å². The molecule has 0 bridgehead atoms. The monoisotopic (exact) mass is 328 g/mol. The van der Waals surface area contributed by atoms with E-state index >= 15 is 0 Å². The molecule has 3 aromatic rings. The van der Waals surface area contributed by atoms with Crippen LogP contribution in [0.25, 0.3) is 22.1 Å². The van der Waals surface area contributed by atoms with Crippen LogP contribution >= 0.6 is 0 Å². The summed E-state index contributed by atoms with van der Waals surface area (Å²) < 4.78 is 21.3. The first-order valence-electron chi connectivity index (χ1n) is 7.15. The smallest absolute Gasteiger partial charge is 0.348 e. The second-order valence-electron chi connectivity index (χ2n) is 5.04. The van der Waals surface area contributed by atoms with Gasteiger partial charge in [0.2, 0.25) is 0 Å². The molecule has 0 radical (unpaired) electrons. The highest BCUT2D eigenvalue weighted by molar-refractivity contribution is 5.92. The van der Waals surface area contributed by atoms with Gasteiger partial charge in [0.1, 0.15) is 34.1 Å². The van der Waals surface area contributed by atoms with Crippen molar-refractivity contribution in [2.45, 2.75) is 0 Å². The highest BCUT2D eigenvalue weighted by Crippen LogP contribution is 2.40. The normalized spacial score (nSPS) is 10.6. The molecule has 1 heterocycles. The van der Waals surface area contributed by atoms with E-state index in [0.717, 1.165) is 0 Å². The standard InChI is InChI=1S/C18H16O6/c1-21-11-5-7-13-15(9-11)24-18(20)16(17(13)23-3)12-6-4-10(19)8-14(12)22-2/h4-9,19H,1-3H3. The van der Waals surface area contributed by atoms with Crippen LogP contribution in [-0.4, -0.2) is 26.4 Å². The summed E-state index contributed by atoms with van der Waals surface area (Å²) in [5, 5.41) is 10.2. The summed E-state index contributed by atoms with van der Waals surface area (Å²) in [6.45, 7) is 0. The second kappa shape index (κ2) is 6.16. The lowest BCUT2D eigenvalue weighted by molar-refractivity contribution is 0.403. The van der Waals surface area contributed by atoms with Gasteiger partial charge in [-0.15, -0.1) is 0 Å². The van der Waals surface area contributed by atoms with E-state index in [4.69, 9.17) is 18.6 Å². The van der Waals surface area contributed by atoms with Gasteiger partial charge in [-0.2, -0.15) is 0 Å². The first kappa shape index (κ1) is 15.7. The van der Waals surface area contributed by atoms with Crippen molar-refractivity contribution in [3.05, 3.63) is 46.8 Å². The molecule has 0 saturated heterocycles. The van der Waals surface area contributed by atoms with Gasteiger partial charge in [0.05, 0.1) is 26.7 Å². The minimum Gasteiger partial charge on any atom is -0.508 e. The van der Waals surface area contributed by atoms with Crippen LogP contribution in [0.3, 0.4) is 0 Å². The van der Waals surface area contributed by atoms with Crippen molar-refractivity contribution in [1.29, 1.82) is 0 Å². The van der Waals surface area contributed by atoms with Crippen molar-refractivity contribution < 1.29 is 23.7 Å². The van der Waals surface area contributed by atoms with E-state index < -0.39 is 5.63 Å². The van der Waals surface area contributed by atoms with Gasteiger partial charge in [0.25, 0.3) is 0 Å². The lowest BCUT2D eigenvalue weighted by atomic mass is 10.0. The summed E-state index contributed by atoms with van der Waals surface area (Å²) in [4.78, 5) is 12.6. The fourth-order valence-corrected chi connectivity index (χ4v) is 2.61. The van der Waals surface area contributed by atoms with Crippen LogP contribution < -0.4 is 19.8 Å². The van der Waals surface area contributed by atoms with Crippen LogP contribution in [0.15, 0.2) is 45.6 Å². The number of hydrogen-bond donors (Lipinski definition) is 1. The average Bonchev–Trinajstić information content (AvgIpc) is 2.60. The van der Waals surface area contributed by atoms with Gasteiger partial charge in [-0.05, 0) is 24.3 Å². The van der Waals surface area contributed by atoms with Crippen molar-refractivity contribution in [2.24, 2.45) is 0 Å². The van der Waals surface area contributed by atoms with E-state index in [1.165, 1.54) is 33.5 Å². The molecule has 0 aliphatic carbocycles. The minimum absolute atomic E-state index is 0.0319. The zero-order valence-electron chi connectivity index (χ0n) is 13.5. The molecule has 0 fully saturated rings. The van der Waals surface area contributed by atoms with Crippen LogP contribution in [0.2, 0.25) is 0 Å². The zero-order valence-corrected chi connectivity index (χ0v) is 13.5. The number of phenols is 1. The SMILES string of the molecule is COc1ccc2c(OC)c(-c3ccc(O)cc3OC)c(=O)oc2c1. The minimum atomic E-state index is -0.573. The molecule has 6 heteroatoms. The fraction of sp³-hybridized carbons (Fsp3) is 0.167. The maximum Gasteiger partial charge on any atom is 0.348 e. The third kappa shape index (κ3) is 2.52. The summed E-state index contributed by atoms with van der Waals surface area (Å²) in [6, 6.07) is 9.60. The van der Waals surface area contributed by atoms with E-state index in [0.29, 0.717) is 33.8 Å². The van der Waals surface area contributed by atoms with Crippen LogP contribution in [0.1, 0.15) is 0 Å². The number of fused-ring (bicyclic) bond motifs is 1. The molecule has 124 valence electrons. The van der Waals surface area contributed by atoms with E-state index in [1.807, 2.05) is 0 Å². The molecule has 1 aromatic heterocycles. The van der Waals surface area contributed by atoms with Crippen molar-refractivity contribution in [1.82, 2.24) is 0 Å². The molecule has 6 nitrogen and oxygen atoms in total. The second-order valence-corrected chi connectivity index (χ2v) is 5.04. The number of phenolic OH excluding ortho intramolecular Hbond substituents is 1. The molecular weight excluding hydrogens is 312 g/mol. The Balaban J connectivity index is 2.37. The molecular formula is C18H16O6. The molecule has 3 rings (SSSR count). The quantitative estimate of drug-likeness (QED) is 0.741. The summed E-state index contributed by atoms with van der Waals surface area (Å²) in [6.07, 6.45) is 0. The number of rotatable bonds is 4. The Bertz CT molecular complexity index is 958. The Labute approximate surface area is 137 Å². The summed E-state index contributed by atoms with van der Waals surface area (Å²) in [5.74, 6) is 1.31. The van der Waals surface area contributed by atoms with Gasteiger partial charge in [0.15, 0.2) is 0 Å². The van der Waals surface area contributed by atoms with E-state index in [2.05, 4.69) is 0 Å². The predicted octanol–water partition coefficient (Wildman–Crippen LogP) is 3.19. The maximum atomic E-state index is 12.6. The lowest BCUT2D eigenvalue weighted by Gasteiger charge is -2.13. The first-order chi connectivity index (χ1) is 11.6. The molecule has 2 aromatic carbocycles. The number of hydrogen-bond acceptors (Lipinski definition) is 6. The lowest BCUT2D eigenvalue weighted by Crippen LogP contribution is -2.07. The van der Waals surface area contributed by atoms with Gasteiger partial charge in [-0.25, -0.2) is 4.79 Å². The molecule has 0 spiro atoms. The average molecular weight is 328 g/mol. The topological polar surface area (TPSA) is 78.1 Å². The largest absolute Gasteiger partial charge is 0.508 e. The summed E-state index contributed by atoms with van der Waals surface area (Å²) in [7, 11) is 4.47. The van der Waals surface area contributed by atoms with Crippen LogP contribution in [-0.2, 0) is 0 Å². The fourth-order valence-electron chi connectivity index (χ4n) is 2.61. The predicted molar refractivity (Wildman–Crippen MR) is 89.2 cm³/mol. The maximum absolute atomic E-state index is 12.6. The molecule has 0 saturated carbocycles. The Kier molecular flexibility index (Phi) is 4.04. The van der Waals surface area contributed by atoms with Crippen LogP contribution in [0.5, 0.6) is 23.0 Å². The Morgan fingerprint density at radius 3 is 2.42 bits per heavy atom. The Morgan fingerprint density at radius 2 is 1.75 bits per heavy atom. The first-order valence-corrected chi connectivity index (χ1v) is 7.15. The molecule has 0 aliphatic rings. The number of benzene rings is 2. The molecule has 24 heavy (non-hydrogen) atoms.